The summed E-state index contributed by atoms with van der Waals surface area (Å²) in [6.07, 6.45) is -5.18. The molecule has 1 aliphatic heterocycles. The first-order valence-electron chi connectivity index (χ1n) is 12.5. The van der Waals surface area contributed by atoms with Crippen LogP contribution in [0.25, 0.3) is 10.1 Å². The second kappa shape index (κ2) is 11.0. The summed E-state index contributed by atoms with van der Waals surface area (Å²) in [6.45, 7) is 0.317. The Balaban J connectivity index is 1.67. The number of nitro groups is 1. The van der Waals surface area contributed by atoms with Gasteiger partial charge in [0.15, 0.2) is 16.6 Å². The van der Waals surface area contributed by atoms with Gasteiger partial charge in [0, 0.05) is 19.0 Å². The minimum absolute atomic E-state index is 0.0936. The molecule has 0 saturated heterocycles. The summed E-state index contributed by atoms with van der Waals surface area (Å²) in [5.41, 5.74) is -0.790. The fourth-order valence-corrected chi connectivity index (χ4v) is 6.24. The molecule has 1 aromatic heterocycles. The molecule has 1 aliphatic rings. The van der Waals surface area contributed by atoms with Crippen LogP contribution in [0, 0.1) is 10.1 Å². The van der Waals surface area contributed by atoms with Crippen LogP contribution in [0.4, 0.5) is 24.0 Å². The minimum Gasteiger partial charge on any atom is -0.493 e. The quantitative estimate of drug-likeness (QED) is 0.212. The number of non-ortho nitro benzene ring substituents is 1. The van der Waals surface area contributed by atoms with Gasteiger partial charge in [0.1, 0.15) is 4.70 Å². The van der Waals surface area contributed by atoms with E-state index in [-0.39, 0.29) is 16.3 Å². The van der Waals surface area contributed by atoms with Crippen molar-refractivity contribution in [1.82, 2.24) is 4.98 Å². The topological polar surface area (TPSA) is 115 Å². The number of aromatic nitrogens is 1. The monoisotopic (exact) mass is 587 g/mol. The number of anilines is 1. The van der Waals surface area contributed by atoms with Crippen molar-refractivity contribution in [2.75, 3.05) is 25.7 Å². The van der Waals surface area contributed by atoms with Crippen molar-refractivity contribution in [3.8, 4) is 11.5 Å². The van der Waals surface area contributed by atoms with Gasteiger partial charge in [-0.15, -0.1) is 0 Å². The van der Waals surface area contributed by atoms with Gasteiger partial charge in [-0.1, -0.05) is 41.7 Å². The molecule has 3 aromatic carbocycles. The molecule has 0 aliphatic carbocycles. The highest BCUT2D eigenvalue weighted by atomic mass is 32.1. The summed E-state index contributed by atoms with van der Waals surface area (Å²) in [6, 6.07) is 13.1. The first-order chi connectivity index (χ1) is 19.5. The molecule has 41 heavy (non-hydrogen) atoms. The molecule has 9 nitrogen and oxygen atoms in total. The molecule has 13 heteroatoms. The van der Waals surface area contributed by atoms with E-state index in [1.165, 1.54) is 14.2 Å². The summed E-state index contributed by atoms with van der Waals surface area (Å²) in [4.78, 5) is 29.8. The summed E-state index contributed by atoms with van der Waals surface area (Å²) in [5.74, 6) is 0.967. The fraction of sp³-hybridized carbons (Fsp3) is 0.286. The maximum atomic E-state index is 13.4. The van der Waals surface area contributed by atoms with Crippen LogP contribution in [0.5, 0.6) is 11.5 Å². The van der Waals surface area contributed by atoms with Crippen LogP contribution >= 0.6 is 11.3 Å². The van der Waals surface area contributed by atoms with E-state index >= 15 is 0 Å². The van der Waals surface area contributed by atoms with Crippen molar-refractivity contribution in [3.63, 3.8) is 0 Å². The lowest BCUT2D eigenvalue weighted by Crippen LogP contribution is -2.37. The van der Waals surface area contributed by atoms with Crippen molar-refractivity contribution in [1.29, 1.82) is 0 Å². The Kier molecular flexibility index (Phi) is 7.58. The molecule has 0 amide bonds. The summed E-state index contributed by atoms with van der Waals surface area (Å²) in [5, 5.41) is 22.6. The molecule has 0 fully saturated rings. The average molecular weight is 588 g/mol. The van der Waals surface area contributed by atoms with Gasteiger partial charge in [-0.25, -0.2) is 0 Å². The summed E-state index contributed by atoms with van der Waals surface area (Å²) in [7, 11) is 3.01. The molecule has 4 aromatic rings. The number of hydrogen-bond donors (Lipinski definition) is 1. The van der Waals surface area contributed by atoms with Crippen LogP contribution in [0.15, 0.2) is 59.4 Å². The van der Waals surface area contributed by atoms with E-state index < -0.39 is 45.4 Å². The number of benzene rings is 3. The Hall–Kier alpha value is -4.23. The van der Waals surface area contributed by atoms with Crippen LogP contribution in [0.3, 0.4) is 0 Å². The Bertz CT molecular complexity index is 1680. The third-order valence-corrected chi connectivity index (χ3v) is 8.24. The number of ether oxygens (including phenoxy) is 2. The fourth-order valence-electron chi connectivity index (χ4n) is 5.10. The van der Waals surface area contributed by atoms with Crippen LogP contribution in [0.2, 0.25) is 0 Å². The SMILES string of the molecule is COc1cc2c(cc1OC)[C@@H](C[C@@H](O)c1ccccc1)N(c1nc(=O)c3cc(C(F)(F)F)cc([N+](=O)[O-])c3s1)CC2. The molecular formula is C28H24F3N3O6S. The van der Waals surface area contributed by atoms with Gasteiger partial charge in [-0.3, -0.25) is 14.9 Å². The second-order valence-electron chi connectivity index (χ2n) is 9.46. The van der Waals surface area contributed by atoms with Gasteiger partial charge < -0.3 is 19.5 Å². The second-order valence-corrected chi connectivity index (χ2v) is 10.4. The molecule has 214 valence electrons. The lowest BCUT2D eigenvalue weighted by Gasteiger charge is -2.39. The number of aliphatic hydroxyl groups excluding tert-OH is 1. The Morgan fingerprint density at radius 1 is 1.15 bits per heavy atom. The van der Waals surface area contributed by atoms with Gasteiger partial charge in [-0.2, -0.15) is 18.2 Å². The van der Waals surface area contributed by atoms with Crippen LogP contribution in [0.1, 0.15) is 40.8 Å². The van der Waals surface area contributed by atoms with E-state index in [1.807, 2.05) is 12.1 Å². The molecule has 5 rings (SSSR count). The van der Waals surface area contributed by atoms with Gasteiger partial charge in [0.05, 0.1) is 42.2 Å². The molecule has 0 unspecified atom stereocenters. The molecule has 2 heterocycles. The zero-order chi connectivity index (χ0) is 29.5. The predicted molar refractivity (Wildman–Crippen MR) is 147 cm³/mol. The summed E-state index contributed by atoms with van der Waals surface area (Å²) < 4.78 is 51.1. The molecule has 1 N–H and O–H groups in total. The number of rotatable bonds is 7. The summed E-state index contributed by atoms with van der Waals surface area (Å²) >= 11 is 0.769. The standard InChI is InChI=1S/C28H24F3N3O6S/c1-39-23-10-16-8-9-33(20(18(16)13-24(23)40-2)14-22(35)15-6-4-3-5-7-15)27-32-26(36)19-11-17(28(29,30)31)12-21(34(37)38)25(19)41-27/h3-7,10-13,20,22,35H,8-9,14H2,1-2H3/t20-,22-/m1/s1. The maximum Gasteiger partial charge on any atom is 0.416 e. The average Bonchev–Trinajstić information content (AvgIpc) is 2.95. The van der Waals surface area contributed by atoms with E-state index in [1.54, 1.807) is 35.2 Å². The van der Waals surface area contributed by atoms with E-state index in [2.05, 4.69) is 4.98 Å². The van der Waals surface area contributed by atoms with E-state index in [9.17, 15) is 33.2 Å². The zero-order valence-corrected chi connectivity index (χ0v) is 22.7. The predicted octanol–water partition coefficient (Wildman–Crippen LogP) is 5.83. The van der Waals surface area contributed by atoms with E-state index in [0.717, 1.165) is 22.5 Å². The largest absolute Gasteiger partial charge is 0.493 e. The third-order valence-electron chi connectivity index (χ3n) is 7.09. The molecular weight excluding hydrogens is 563 g/mol. The number of alkyl halides is 3. The van der Waals surface area contributed by atoms with E-state index in [4.69, 9.17) is 9.47 Å². The molecule has 0 saturated carbocycles. The molecule has 0 bridgehead atoms. The number of nitrogens with zero attached hydrogens (tertiary/aromatic N) is 3. The zero-order valence-electron chi connectivity index (χ0n) is 21.8. The van der Waals surface area contributed by atoms with Crippen molar-refractivity contribution < 1.29 is 32.7 Å². The Labute approximate surface area is 235 Å². The highest BCUT2D eigenvalue weighted by molar-refractivity contribution is 7.22. The van der Waals surface area contributed by atoms with Crippen LogP contribution < -0.4 is 19.9 Å². The van der Waals surface area contributed by atoms with Crippen molar-refractivity contribution in [2.24, 2.45) is 0 Å². The van der Waals surface area contributed by atoms with Gasteiger partial charge in [0.2, 0.25) is 0 Å². The lowest BCUT2D eigenvalue weighted by molar-refractivity contribution is -0.383. The smallest absolute Gasteiger partial charge is 0.416 e. The number of aliphatic hydroxyl groups is 1. The van der Waals surface area contributed by atoms with Crippen LogP contribution in [-0.4, -0.2) is 35.8 Å². The highest BCUT2D eigenvalue weighted by Crippen LogP contribution is 2.45. The van der Waals surface area contributed by atoms with Crippen molar-refractivity contribution >= 4 is 32.2 Å². The Morgan fingerprint density at radius 2 is 1.83 bits per heavy atom. The first-order valence-corrected chi connectivity index (χ1v) is 13.3. The first kappa shape index (κ1) is 28.3. The molecule has 0 radical (unpaired) electrons. The number of hydrogen-bond acceptors (Lipinski definition) is 9. The normalized spacial score (nSPS) is 15.9. The van der Waals surface area contributed by atoms with Crippen LogP contribution in [-0.2, 0) is 12.6 Å². The van der Waals surface area contributed by atoms with Gasteiger partial charge in [-0.05, 0) is 41.3 Å². The number of nitro benzene ring substituents is 1. The van der Waals surface area contributed by atoms with E-state index in [0.29, 0.717) is 42.2 Å². The number of halogens is 3. The minimum atomic E-state index is -4.88. The number of methoxy groups -OCH3 is 2. The maximum absolute atomic E-state index is 13.4. The van der Waals surface area contributed by atoms with Gasteiger partial charge in [0.25, 0.3) is 11.2 Å². The number of fused-ring (bicyclic) bond motifs is 2. The lowest BCUT2D eigenvalue weighted by atomic mass is 9.87. The molecule has 0 spiro atoms. The third kappa shape index (κ3) is 5.42. The van der Waals surface area contributed by atoms with Gasteiger partial charge >= 0.3 is 6.18 Å². The highest BCUT2D eigenvalue weighted by Gasteiger charge is 2.36. The molecule has 2 atom stereocenters. The Morgan fingerprint density at radius 3 is 2.46 bits per heavy atom. The van der Waals surface area contributed by atoms with Crippen molar-refractivity contribution in [3.05, 3.63) is 97.3 Å². The van der Waals surface area contributed by atoms with Crippen molar-refractivity contribution in [2.45, 2.75) is 31.2 Å².